The monoisotopic (exact) mass is 265 g/mol. The lowest BCUT2D eigenvalue weighted by Crippen LogP contribution is -2.63. The number of piperidine rings is 1. The Morgan fingerprint density at radius 3 is 2.16 bits per heavy atom. The molecule has 19 heavy (non-hydrogen) atoms. The molecule has 0 radical (unpaired) electrons. The van der Waals surface area contributed by atoms with Crippen LogP contribution in [0.25, 0.3) is 0 Å². The first-order chi connectivity index (χ1) is 8.64. The maximum atomic E-state index is 12.1. The second-order valence-electron chi connectivity index (χ2n) is 6.54. The smallest absolute Gasteiger partial charge is 0.246 e. The van der Waals surface area contributed by atoms with Crippen LogP contribution in [0.3, 0.4) is 0 Å². The molecule has 3 heteroatoms. The van der Waals surface area contributed by atoms with Gasteiger partial charge in [0.05, 0.1) is 5.76 Å². The van der Waals surface area contributed by atoms with Gasteiger partial charge in [-0.15, -0.1) is 0 Å². The summed E-state index contributed by atoms with van der Waals surface area (Å²) in [5, 5.41) is 0. The van der Waals surface area contributed by atoms with Crippen molar-refractivity contribution in [3.8, 4) is 0 Å². The molecule has 0 bridgehead atoms. The molecule has 0 aromatic rings. The van der Waals surface area contributed by atoms with E-state index in [1.807, 2.05) is 11.8 Å². The lowest BCUT2D eigenvalue weighted by Gasteiger charge is -2.54. The van der Waals surface area contributed by atoms with E-state index in [0.717, 1.165) is 25.0 Å². The minimum atomic E-state index is -0.244. The maximum absolute atomic E-state index is 12.1. The standard InChI is InChI=1S/C16H27NO2/c1-8-12(3)19-13-10-15(4,5)17(14(18)9-2)16(6,7)11-13/h9,13H,2-3,8,10-11H2,1,4-7H3. The third-order valence-corrected chi connectivity index (χ3v) is 3.79. The van der Waals surface area contributed by atoms with Gasteiger partial charge in [-0.3, -0.25) is 4.79 Å². The Hall–Kier alpha value is -1.25. The Labute approximate surface area is 117 Å². The minimum absolute atomic E-state index is 0.0113. The number of nitrogens with zero attached hydrogens (tertiary/aromatic N) is 1. The molecular formula is C16H27NO2. The molecule has 1 fully saturated rings. The second-order valence-corrected chi connectivity index (χ2v) is 6.54. The first kappa shape index (κ1) is 15.8. The fraction of sp³-hybridized carbons (Fsp3) is 0.688. The van der Waals surface area contributed by atoms with E-state index in [1.165, 1.54) is 6.08 Å². The molecule has 3 nitrogen and oxygen atoms in total. The molecule has 108 valence electrons. The van der Waals surface area contributed by atoms with Crippen molar-refractivity contribution in [1.82, 2.24) is 4.90 Å². The van der Waals surface area contributed by atoms with Gasteiger partial charge in [-0.2, -0.15) is 0 Å². The van der Waals surface area contributed by atoms with Crippen LogP contribution in [-0.2, 0) is 9.53 Å². The van der Waals surface area contributed by atoms with E-state index >= 15 is 0 Å². The van der Waals surface area contributed by atoms with Crippen molar-refractivity contribution in [2.24, 2.45) is 0 Å². The van der Waals surface area contributed by atoms with Gasteiger partial charge in [0.1, 0.15) is 6.10 Å². The van der Waals surface area contributed by atoms with Gasteiger partial charge in [0.2, 0.25) is 5.91 Å². The van der Waals surface area contributed by atoms with Crippen LogP contribution in [0.1, 0.15) is 53.9 Å². The lowest BCUT2D eigenvalue weighted by molar-refractivity contribution is -0.150. The quantitative estimate of drug-likeness (QED) is 0.573. The Balaban J connectivity index is 2.96. The molecule has 0 aromatic carbocycles. The van der Waals surface area contributed by atoms with Gasteiger partial charge < -0.3 is 9.64 Å². The van der Waals surface area contributed by atoms with Crippen molar-refractivity contribution in [2.75, 3.05) is 0 Å². The number of amides is 1. The largest absolute Gasteiger partial charge is 0.495 e. The highest BCUT2D eigenvalue weighted by Crippen LogP contribution is 2.40. The van der Waals surface area contributed by atoms with E-state index in [0.29, 0.717) is 0 Å². The van der Waals surface area contributed by atoms with E-state index in [-0.39, 0.29) is 23.1 Å². The molecule has 1 saturated heterocycles. The van der Waals surface area contributed by atoms with Gasteiger partial charge in [0.15, 0.2) is 0 Å². The molecule has 0 spiro atoms. The fourth-order valence-corrected chi connectivity index (χ4v) is 3.28. The summed E-state index contributed by atoms with van der Waals surface area (Å²) >= 11 is 0. The van der Waals surface area contributed by atoms with E-state index in [1.54, 1.807) is 0 Å². The number of carbonyl (C=O) groups excluding carboxylic acids is 1. The van der Waals surface area contributed by atoms with Gasteiger partial charge >= 0.3 is 0 Å². The molecule has 1 aliphatic heterocycles. The Kier molecular flexibility index (Phi) is 4.49. The summed E-state index contributed by atoms with van der Waals surface area (Å²) in [5.74, 6) is 0.808. The van der Waals surface area contributed by atoms with Crippen LogP contribution < -0.4 is 0 Å². The molecule has 0 aromatic heterocycles. The molecule has 1 heterocycles. The number of likely N-dealkylation sites (tertiary alicyclic amines) is 1. The van der Waals surface area contributed by atoms with E-state index in [2.05, 4.69) is 40.9 Å². The second kappa shape index (κ2) is 5.40. The molecule has 1 amide bonds. The normalized spacial score (nSPS) is 21.8. The topological polar surface area (TPSA) is 29.5 Å². The zero-order chi connectivity index (χ0) is 14.8. The van der Waals surface area contributed by atoms with Gasteiger partial charge in [0, 0.05) is 30.3 Å². The lowest BCUT2D eigenvalue weighted by atomic mass is 9.78. The van der Waals surface area contributed by atoms with Gasteiger partial charge in [0.25, 0.3) is 0 Å². The van der Waals surface area contributed by atoms with Crippen LogP contribution in [-0.4, -0.2) is 28.0 Å². The van der Waals surface area contributed by atoms with E-state index < -0.39 is 0 Å². The molecule has 1 aliphatic rings. The van der Waals surface area contributed by atoms with Crippen molar-refractivity contribution in [1.29, 1.82) is 0 Å². The molecule has 0 N–H and O–H groups in total. The van der Waals surface area contributed by atoms with Crippen molar-refractivity contribution >= 4 is 5.91 Å². The summed E-state index contributed by atoms with van der Waals surface area (Å²) in [7, 11) is 0. The van der Waals surface area contributed by atoms with Crippen LogP contribution in [0, 0.1) is 0 Å². The summed E-state index contributed by atoms with van der Waals surface area (Å²) in [6.07, 6.45) is 3.97. The predicted octanol–water partition coefficient (Wildman–Crippen LogP) is 3.66. The van der Waals surface area contributed by atoms with Crippen LogP contribution in [0.15, 0.2) is 25.0 Å². The van der Waals surface area contributed by atoms with Crippen LogP contribution in [0.4, 0.5) is 0 Å². The first-order valence-corrected chi connectivity index (χ1v) is 6.95. The van der Waals surface area contributed by atoms with Crippen molar-refractivity contribution < 1.29 is 9.53 Å². The molecule has 0 atom stereocenters. The average Bonchev–Trinajstić information content (AvgIpc) is 2.24. The third kappa shape index (κ3) is 3.40. The van der Waals surface area contributed by atoms with Crippen molar-refractivity contribution in [2.45, 2.75) is 71.1 Å². The average molecular weight is 265 g/mol. The number of allylic oxidation sites excluding steroid dienone is 1. The molecule has 0 saturated carbocycles. The van der Waals surface area contributed by atoms with Gasteiger partial charge in [-0.05, 0) is 33.8 Å². The maximum Gasteiger partial charge on any atom is 0.246 e. The Morgan fingerprint density at radius 1 is 1.32 bits per heavy atom. The third-order valence-electron chi connectivity index (χ3n) is 3.79. The van der Waals surface area contributed by atoms with Crippen LogP contribution in [0.5, 0.6) is 0 Å². The number of hydrogen-bond donors (Lipinski definition) is 0. The number of carbonyl (C=O) groups is 1. The molecule has 0 unspecified atom stereocenters. The Morgan fingerprint density at radius 2 is 1.79 bits per heavy atom. The summed E-state index contributed by atoms with van der Waals surface area (Å²) in [5.41, 5.74) is -0.489. The predicted molar refractivity (Wildman–Crippen MR) is 78.7 cm³/mol. The zero-order valence-corrected chi connectivity index (χ0v) is 13.0. The highest BCUT2D eigenvalue weighted by Gasteiger charge is 2.47. The summed E-state index contributed by atoms with van der Waals surface area (Å²) in [6, 6.07) is 0. The SMILES string of the molecule is C=CC(=O)N1C(C)(C)CC(OC(=C)CC)CC1(C)C. The number of hydrogen-bond acceptors (Lipinski definition) is 2. The zero-order valence-electron chi connectivity index (χ0n) is 13.0. The van der Waals surface area contributed by atoms with Gasteiger partial charge in [-0.25, -0.2) is 0 Å². The van der Waals surface area contributed by atoms with E-state index in [9.17, 15) is 4.79 Å². The summed E-state index contributed by atoms with van der Waals surface area (Å²) in [4.78, 5) is 14.1. The highest BCUT2D eigenvalue weighted by atomic mass is 16.5. The first-order valence-electron chi connectivity index (χ1n) is 6.95. The summed E-state index contributed by atoms with van der Waals surface area (Å²) in [6.45, 7) is 17.9. The van der Waals surface area contributed by atoms with Crippen LogP contribution in [0.2, 0.25) is 0 Å². The number of rotatable bonds is 4. The van der Waals surface area contributed by atoms with E-state index in [4.69, 9.17) is 4.74 Å². The van der Waals surface area contributed by atoms with Crippen molar-refractivity contribution in [3.63, 3.8) is 0 Å². The molecule has 0 aliphatic carbocycles. The molecular weight excluding hydrogens is 238 g/mol. The minimum Gasteiger partial charge on any atom is -0.495 e. The van der Waals surface area contributed by atoms with Crippen LogP contribution >= 0.6 is 0 Å². The fourth-order valence-electron chi connectivity index (χ4n) is 3.28. The number of ether oxygens (including phenoxy) is 1. The highest BCUT2D eigenvalue weighted by molar-refractivity contribution is 5.88. The van der Waals surface area contributed by atoms with Gasteiger partial charge in [-0.1, -0.05) is 20.1 Å². The summed E-state index contributed by atoms with van der Waals surface area (Å²) < 4.78 is 5.92. The molecule has 1 rings (SSSR count). The Bertz CT molecular complexity index is 364. The van der Waals surface area contributed by atoms with Crippen molar-refractivity contribution in [3.05, 3.63) is 25.0 Å².